The van der Waals surface area contributed by atoms with Gasteiger partial charge in [0.2, 0.25) is 5.95 Å². The molecular formula is C25H26F4N10O. The molecule has 2 aliphatic heterocycles. The molecule has 6 rings (SSSR count). The number of hydrogen-bond donors (Lipinski definition) is 2. The summed E-state index contributed by atoms with van der Waals surface area (Å²) in [5, 5.41) is 10.6. The van der Waals surface area contributed by atoms with Crippen molar-refractivity contribution >= 4 is 28.4 Å². The van der Waals surface area contributed by atoms with Crippen molar-refractivity contribution in [3.8, 4) is 11.3 Å². The summed E-state index contributed by atoms with van der Waals surface area (Å²) >= 11 is 0. The number of hydrogen-bond acceptors (Lipinski definition) is 8. The van der Waals surface area contributed by atoms with Crippen LogP contribution >= 0.6 is 0 Å². The Morgan fingerprint density at radius 2 is 2.00 bits per heavy atom. The van der Waals surface area contributed by atoms with Crippen molar-refractivity contribution in [3.05, 3.63) is 41.6 Å². The van der Waals surface area contributed by atoms with Gasteiger partial charge < -0.3 is 19.9 Å². The average Bonchev–Trinajstić information content (AvgIpc) is 3.44. The van der Waals surface area contributed by atoms with Gasteiger partial charge in [0.05, 0.1) is 11.7 Å². The van der Waals surface area contributed by atoms with Crippen LogP contribution in [0, 0.1) is 13.5 Å². The van der Waals surface area contributed by atoms with Crippen molar-refractivity contribution in [1.82, 2.24) is 34.0 Å². The summed E-state index contributed by atoms with van der Waals surface area (Å²) < 4.78 is 62.6. The van der Waals surface area contributed by atoms with Crippen LogP contribution in [-0.2, 0) is 11.3 Å². The summed E-state index contributed by atoms with van der Waals surface area (Å²) in [6.45, 7) is 9.03. The summed E-state index contributed by atoms with van der Waals surface area (Å²) in [4.78, 5) is 18.8. The van der Waals surface area contributed by atoms with Crippen molar-refractivity contribution in [2.24, 2.45) is 0 Å². The lowest BCUT2D eigenvalue weighted by molar-refractivity contribution is -0.140. The molecule has 2 saturated heterocycles. The SMILES string of the molecule is [C-]#[N+]C1(N2CC[C@H](Nc3nc(NC)c4c(-c5ccc6nc(C)n(CC(F)(F)F)c6n5)ccn4n3)[C@H](F)C2)COC1. The maximum atomic E-state index is 15.2. The van der Waals surface area contributed by atoms with Crippen molar-refractivity contribution in [2.75, 3.05) is 44.0 Å². The van der Waals surface area contributed by atoms with Gasteiger partial charge in [-0.05, 0) is 31.5 Å². The van der Waals surface area contributed by atoms with Gasteiger partial charge in [-0.3, -0.25) is 4.85 Å². The number of piperidine rings is 1. The standard InChI is InChI=1S/C25H26F4N10O/c1-14-32-19-5-4-17(33-22(19)38(14)11-25(27,28)29)15-6-9-39-20(15)21(30-2)35-23(36-39)34-18-7-8-37(10-16(18)26)24(31-3)12-40-13-24/h4-6,9,16,18H,7-8,10-13H2,1-2H3,(H2,30,34,35,36)/t16-,18+/m1/s1. The van der Waals surface area contributed by atoms with Crippen molar-refractivity contribution < 1.29 is 22.3 Å². The molecule has 210 valence electrons. The fourth-order valence-electron chi connectivity index (χ4n) is 5.31. The van der Waals surface area contributed by atoms with Gasteiger partial charge in [-0.2, -0.15) is 18.2 Å². The molecule has 2 fully saturated rings. The highest BCUT2D eigenvalue weighted by molar-refractivity contribution is 5.89. The van der Waals surface area contributed by atoms with Crippen molar-refractivity contribution in [3.63, 3.8) is 0 Å². The van der Waals surface area contributed by atoms with Gasteiger partial charge in [0, 0.05) is 31.9 Å². The molecule has 11 nitrogen and oxygen atoms in total. The second-order valence-electron chi connectivity index (χ2n) is 10.0. The number of likely N-dealkylation sites (tertiary alicyclic amines) is 1. The van der Waals surface area contributed by atoms with Crippen LogP contribution in [0.4, 0.5) is 29.3 Å². The molecule has 0 aromatic carbocycles. The smallest absolute Gasteiger partial charge is 0.371 e. The lowest BCUT2D eigenvalue weighted by Gasteiger charge is -2.43. The monoisotopic (exact) mass is 558 g/mol. The van der Waals surface area contributed by atoms with E-state index in [9.17, 15) is 13.2 Å². The predicted octanol–water partition coefficient (Wildman–Crippen LogP) is 3.52. The Morgan fingerprint density at radius 1 is 1.20 bits per heavy atom. The molecule has 2 N–H and O–H groups in total. The fraction of sp³-hybridized carbons (Fsp3) is 0.480. The van der Waals surface area contributed by atoms with Gasteiger partial charge in [0.1, 0.15) is 42.8 Å². The zero-order valence-electron chi connectivity index (χ0n) is 21.7. The number of imidazole rings is 1. The highest BCUT2D eigenvalue weighted by Crippen LogP contribution is 2.33. The second kappa shape index (κ2) is 9.56. The Kier molecular flexibility index (Phi) is 6.26. The Morgan fingerprint density at radius 3 is 2.65 bits per heavy atom. The van der Waals surface area contributed by atoms with E-state index in [2.05, 4.69) is 35.5 Å². The Hall–Kier alpha value is -4.03. The number of rotatable bonds is 6. The van der Waals surface area contributed by atoms with Crippen LogP contribution in [0.15, 0.2) is 24.4 Å². The first kappa shape index (κ1) is 26.2. The fourth-order valence-corrected chi connectivity index (χ4v) is 5.31. The van der Waals surface area contributed by atoms with E-state index in [-0.39, 0.29) is 37.2 Å². The second-order valence-corrected chi connectivity index (χ2v) is 10.0. The zero-order valence-corrected chi connectivity index (χ0v) is 21.7. The van der Waals surface area contributed by atoms with Gasteiger partial charge >= 0.3 is 11.8 Å². The third-order valence-corrected chi connectivity index (χ3v) is 7.46. The summed E-state index contributed by atoms with van der Waals surface area (Å²) in [5.41, 5.74) is 1.33. The van der Waals surface area contributed by atoms with Gasteiger partial charge in [0.25, 0.3) is 0 Å². The van der Waals surface area contributed by atoms with Gasteiger partial charge in [-0.1, -0.05) is 0 Å². The van der Waals surface area contributed by atoms with Crippen LogP contribution in [-0.4, -0.2) is 91.4 Å². The van der Waals surface area contributed by atoms with E-state index in [0.29, 0.717) is 41.1 Å². The van der Waals surface area contributed by atoms with Crippen molar-refractivity contribution in [2.45, 2.75) is 43.9 Å². The molecule has 6 heterocycles. The normalized spacial score (nSPS) is 21.3. The molecule has 2 aliphatic rings. The number of halogens is 4. The first-order valence-corrected chi connectivity index (χ1v) is 12.7. The maximum Gasteiger partial charge on any atom is 0.406 e. The van der Waals surface area contributed by atoms with Crippen molar-refractivity contribution in [1.29, 1.82) is 0 Å². The van der Waals surface area contributed by atoms with Gasteiger partial charge in [-0.15, -0.1) is 5.10 Å². The molecule has 0 amide bonds. The summed E-state index contributed by atoms with van der Waals surface area (Å²) in [5.74, 6) is 0.871. The molecule has 0 aliphatic carbocycles. The van der Waals surface area contributed by atoms with E-state index in [4.69, 9.17) is 11.3 Å². The minimum atomic E-state index is -4.42. The first-order chi connectivity index (χ1) is 19.1. The van der Waals surface area contributed by atoms with E-state index in [1.807, 2.05) is 4.90 Å². The van der Waals surface area contributed by atoms with E-state index in [1.165, 1.54) is 6.92 Å². The van der Waals surface area contributed by atoms with E-state index in [0.717, 1.165) is 4.57 Å². The highest BCUT2D eigenvalue weighted by Gasteiger charge is 2.53. The largest absolute Gasteiger partial charge is 0.406 e. The minimum absolute atomic E-state index is 0.108. The zero-order chi connectivity index (χ0) is 28.2. The maximum absolute atomic E-state index is 15.2. The van der Waals surface area contributed by atoms with Gasteiger partial charge in [-0.25, -0.2) is 30.3 Å². The number of nitrogens with one attached hydrogen (secondary N) is 2. The number of pyridine rings is 1. The average molecular weight is 559 g/mol. The quantitative estimate of drug-likeness (QED) is 0.274. The molecule has 0 radical (unpaired) electrons. The lowest BCUT2D eigenvalue weighted by atomic mass is 9.97. The summed E-state index contributed by atoms with van der Waals surface area (Å²) in [7, 11) is 1.68. The number of ether oxygens (including phenoxy) is 1. The number of alkyl halides is 4. The highest BCUT2D eigenvalue weighted by atomic mass is 19.4. The molecule has 2 atom stereocenters. The number of nitrogens with zero attached hydrogens (tertiary/aromatic N) is 8. The summed E-state index contributed by atoms with van der Waals surface area (Å²) in [6, 6.07) is 4.54. The number of aromatic nitrogens is 6. The Labute approximate surface area is 226 Å². The molecule has 0 saturated carbocycles. The molecular weight excluding hydrogens is 532 g/mol. The van der Waals surface area contributed by atoms with Crippen LogP contribution in [0.1, 0.15) is 12.2 Å². The molecule has 4 aromatic heterocycles. The van der Waals surface area contributed by atoms with Crippen LogP contribution in [0.5, 0.6) is 0 Å². The molecule has 0 spiro atoms. The molecule has 4 aromatic rings. The summed E-state index contributed by atoms with van der Waals surface area (Å²) in [6.07, 6.45) is -3.52. The number of aryl methyl sites for hydroxylation is 1. The molecule has 15 heteroatoms. The number of fused-ring (bicyclic) bond motifs is 2. The van der Waals surface area contributed by atoms with Crippen LogP contribution in [0.3, 0.4) is 0 Å². The molecule has 40 heavy (non-hydrogen) atoms. The van der Waals surface area contributed by atoms with E-state index in [1.54, 1.807) is 36.0 Å². The number of anilines is 2. The minimum Gasteiger partial charge on any atom is -0.371 e. The Bertz CT molecular complexity index is 1620. The third-order valence-electron chi connectivity index (χ3n) is 7.46. The predicted molar refractivity (Wildman–Crippen MR) is 138 cm³/mol. The van der Waals surface area contributed by atoms with Crippen LogP contribution < -0.4 is 10.6 Å². The first-order valence-electron chi connectivity index (χ1n) is 12.7. The van der Waals surface area contributed by atoms with Crippen LogP contribution in [0.25, 0.3) is 32.8 Å². The topological polar surface area (TPSA) is 102 Å². The lowest BCUT2D eigenvalue weighted by Crippen LogP contribution is -2.64. The Balaban J connectivity index is 1.28. The van der Waals surface area contributed by atoms with E-state index < -0.39 is 30.6 Å². The molecule has 0 unspecified atom stereocenters. The van der Waals surface area contributed by atoms with E-state index >= 15 is 4.39 Å². The van der Waals surface area contributed by atoms with Crippen LogP contribution in [0.2, 0.25) is 0 Å². The third kappa shape index (κ3) is 4.46. The van der Waals surface area contributed by atoms with Gasteiger partial charge in [0.15, 0.2) is 11.5 Å². The molecule has 0 bridgehead atoms.